The summed E-state index contributed by atoms with van der Waals surface area (Å²) in [6, 6.07) is 1.41. The molecule has 2 amide bonds. The lowest BCUT2D eigenvalue weighted by Crippen LogP contribution is -2.48. The summed E-state index contributed by atoms with van der Waals surface area (Å²) in [5.41, 5.74) is 0. The highest BCUT2D eigenvalue weighted by atomic mass is 16.2. The molecule has 1 aliphatic rings. The van der Waals surface area contributed by atoms with Crippen LogP contribution in [0.1, 0.15) is 33.1 Å². The number of nitriles is 1. The van der Waals surface area contributed by atoms with Crippen LogP contribution in [0.5, 0.6) is 0 Å². The molecule has 0 N–H and O–H groups in total. The van der Waals surface area contributed by atoms with Crippen LogP contribution in [0.15, 0.2) is 0 Å². The van der Waals surface area contributed by atoms with Crippen LogP contribution in [0.4, 0.5) is 0 Å². The average Bonchev–Trinajstić information content (AvgIpc) is 2.10. The molecule has 1 saturated heterocycles. The molecule has 1 fully saturated rings. The van der Waals surface area contributed by atoms with Gasteiger partial charge in [-0.1, -0.05) is 13.8 Å². The third kappa shape index (κ3) is 1.92. The highest BCUT2D eigenvalue weighted by molar-refractivity contribution is 5.98. The maximum absolute atomic E-state index is 11.5. The zero-order valence-electron chi connectivity index (χ0n) is 8.49. The summed E-state index contributed by atoms with van der Waals surface area (Å²) >= 11 is 0. The number of amides is 2. The SMILES string of the molecule is CC(C)C(C#N)N1C(=O)CCCC1=O. The first-order chi connectivity index (χ1) is 6.57. The topological polar surface area (TPSA) is 61.2 Å². The van der Waals surface area contributed by atoms with Gasteiger partial charge in [0.05, 0.1) is 6.07 Å². The smallest absolute Gasteiger partial charge is 0.230 e. The zero-order valence-corrected chi connectivity index (χ0v) is 8.49. The molecule has 1 unspecified atom stereocenters. The van der Waals surface area contributed by atoms with Gasteiger partial charge in [0.2, 0.25) is 11.8 Å². The van der Waals surface area contributed by atoms with Crippen molar-refractivity contribution in [2.45, 2.75) is 39.2 Å². The molecule has 14 heavy (non-hydrogen) atoms. The molecule has 76 valence electrons. The van der Waals surface area contributed by atoms with Gasteiger partial charge in [0.15, 0.2) is 0 Å². The highest BCUT2D eigenvalue weighted by Crippen LogP contribution is 2.19. The first-order valence-electron chi connectivity index (χ1n) is 4.82. The van der Waals surface area contributed by atoms with E-state index in [2.05, 4.69) is 0 Å². The van der Waals surface area contributed by atoms with Crippen LogP contribution in [0.2, 0.25) is 0 Å². The monoisotopic (exact) mass is 194 g/mol. The van der Waals surface area contributed by atoms with Crippen molar-refractivity contribution in [3.63, 3.8) is 0 Å². The molecule has 1 atom stereocenters. The Balaban J connectivity index is 2.87. The van der Waals surface area contributed by atoms with Gasteiger partial charge in [-0.3, -0.25) is 14.5 Å². The lowest BCUT2D eigenvalue weighted by atomic mass is 10.00. The van der Waals surface area contributed by atoms with Gasteiger partial charge in [-0.2, -0.15) is 5.26 Å². The van der Waals surface area contributed by atoms with Gasteiger partial charge in [0.1, 0.15) is 6.04 Å². The van der Waals surface area contributed by atoms with Crippen LogP contribution >= 0.6 is 0 Å². The van der Waals surface area contributed by atoms with Gasteiger partial charge in [-0.05, 0) is 12.3 Å². The largest absolute Gasteiger partial charge is 0.274 e. The Morgan fingerprint density at radius 3 is 2.14 bits per heavy atom. The molecule has 1 rings (SSSR count). The van der Waals surface area contributed by atoms with Crippen molar-refractivity contribution in [1.29, 1.82) is 5.26 Å². The second-order valence-electron chi connectivity index (χ2n) is 3.83. The third-order valence-corrected chi connectivity index (χ3v) is 2.36. The van der Waals surface area contributed by atoms with Crippen molar-refractivity contribution in [2.75, 3.05) is 0 Å². The van der Waals surface area contributed by atoms with E-state index in [1.165, 1.54) is 0 Å². The molecule has 1 aliphatic heterocycles. The molecule has 0 aromatic carbocycles. The van der Waals surface area contributed by atoms with Crippen LogP contribution in [0, 0.1) is 17.2 Å². The predicted molar refractivity (Wildman–Crippen MR) is 49.9 cm³/mol. The number of rotatable bonds is 2. The van der Waals surface area contributed by atoms with E-state index in [1.54, 1.807) is 0 Å². The zero-order chi connectivity index (χ0) is 10.7. The van der Waals surface area contributed by atoms with Gasteiger partial charge in [0, 0.05) is 12.8 Å². The van der Waals surface area contributed by atoms with E-state index in [-0.39, 0.29) is 17.7 Å². The average molecular weight is 194 g/mol. The number of hydrogen-bond donors (Lipinski definition) is 0. The first-order valence-corrected chi connectivity index (χ1v) is 4.82. The van der Waals surface area contributed by atoms with Crippen molar-refractivity contribution < 1.29 is 9.59 Å². The highest BCUT2D eigenvalue weighted by Gasteiger charge is 2.33. The Labute approximate surface area is 83.5 Å². The minimum Gasteiger partial charge on any atom is -0.274 e. The van der Waals surface area contributed by atoms with E-state index in [4.69, 9.17) is 5.26 Å². The molecule has 0 aromatic heterocycles. The second kappa shape index (κ2) is 4.23. The molecule has 0 bridgehead atoms. The number of imide groups is 1. The molecule has 4 heteroatoms. The van der Waals surface area contributed by atoms with Crippen LogP contribution in [0.3, 0.4) is 0 Å². The summed E-state index contributed by atoms with van der Waals surface area (Å²) < 4.78 is 0. The van der Waals surface area contributed by atoms with Gasteiger partial charge in [-0.15, -0.1) is 0 Å². The quantitative estimate of drug-likeness (QED) is 0.618. The summed E-state index contributed by atoms with van der Waals surface area (Å²) in [7, 11) is 0. The molecule has 0 radical (unpaired) electrons. The molecule has 4 nitrogen and oxygen atoms in total. The molecule has 0 aliphatic carbocycles. The van der Waals surface area contributed by atoms with Crippen LogP contribution in [-0.4, -0.2) is 22.8 Å². The lowest BCUT2D eigenvalue weighted by Gasteiger charge is -2.30. The number of nitrogens with zero attached hydrogens (tertiary/aromatic N) is 2. The second-order valence-corrected chi connectivity index (χ2v) is 3.83. The van der Waals surface area contributed by atoms with Gasteiger partial charge in [-0.25, -0.2) is 0 Å². The maximum Gasteiger partial charge on any atom is 0.230 e. The van der Waals surface area contributed by atoms with E-state index >= 15 is 0 Å². The van der Waals surface area contributed by atoms with E-state index < -0.39 is 6.04 Å². The maximum atomic E-state index is 11.5. The van der Waals surface area contributed by atoms with Crippen molar-refractivity contribution in [3.8, 4) is 6.07 Å². The molecular weight excluding hydrogens is 180 g/mol. The van der Waals surface area contributed by atoms with E-state index in [0.717, 1.165) is 4.90 Å². The number of likely N-dealkylation sites (tertiary alicyclic amines) is 1. The van der Waals surface area contributed by atoms with Crippen molar-refractivity contribution in [3.05, 3.63) is 0 Å². The van der Waals surface area contributed by atoms with Crippen LogP contribution in [0.25, 0.3) is 0 Å². The molecule has 0 saturated carbocycles. The summed E-state index contributed by atoms with van der Waals surface area (Å²) in [6.07, 6.45) is 1.39. The Kier molecular flexibility index (Phi) is 3.23. The Bertz CT molecular complexity index is 275. The molecule has 0 aromatic rings. The predicted octanol–water partition coefficient (Wildman–Crippen LogP) is 1.07. The van der Waals surface area contributed by atoms with Crippen molar-refractivity contribution in [2.24, 2.45) is 5.92 Å². The fourth-order valence-electron chi connectivity index (χ4n) is 1.59. The Morgan fingerprint density at radius 2 is 1.79 bits per heavy atom. The van der Waals surface area contributed by atoms with Gasteiger partial charge in [0.25, 0.3) is 0 Å². The fraction of sp³-hybridized carbons (Fsp3) is 0.700. The number of carbonyl (C=O) groups excluding carboxylic acids is 2. The number of carbonyl (C=O) groups is 2. The van der Waals surface area contributed by atoms with E-state index in [0.29, 0.717) is 19.3 Å². The summed E-state index contributed by atoms with van der Waals surface area (Å²) in [4.78, 5) is 24.1. The van der Waals surface area contributed by atoms with Crippen molar-refractivity contribution >= 4 is 11.8 Å². The van der Waals surface area contributed by atoms with E-state index in [9.17, 15) is 9.59 Å². The Morgan fingerprint density at radius 1 is 1.29 bits per heavy atom. The van der Waals surface area contributed by atoms with Crippen LogP contribution in [-0.2, 0) is 9.59 Å². The minimum atomic E-state index is -0.602. The summed E-state index contributed by atoms with van der Waals surface area (Å²) in [6.45, 7) is 3.67. The normalized spacial score (nSPS) is 19.7. The summed E-state index contributed by atoms with van der Waals surface area (Å²) in [5, 5.41) is 8.89. The third-order valence-electron chi connectivity index (χ3n) is 2.36. The first kappa shape index (κ1) is 10.7. The molecule has 0 spiro atoms. The Hall–Kier alpha value is -1.37. The standard InChI is InChI=1S/C10H14N2O2/c1-7(2)8(6-11)12-9(13)4-3-5-10(12)14/h7-8H,3-5H2,1-2H3. The van der Waals surface area contributed by atoms with Gasteiger partial charge < -0.3 is 0 Å². The van der Waals surface area contributed by atoms with Crippen molar-refractivity contribution in [1.82, 2.24) is 4.90 Å². The lowest BCUT2D eigenvalue weighted by molar-refractivity contribution is -0.150. The van der Waals surface area contributed by atoms with Crippen LogP contribution < -0.4 is 0 Å². The number of hydrogen-bond acceptors (Lipinski definition) is 3. The molecule has 1 heterocycles. The van der Waals surface area contributed by atoms with E-state index in [1.807, 2.05) is 19.9 Å². The number of piperidine rings is 1. The minimum absolute atomic E-state index is 0.00833. The van der Waals surface area contributed by atoms with Gasteiger partial charge >= 0.3 is 0 Å². The molecular formula is C10H14N2O2. The fourth-order valence-corrected chi connectivity index (χ4v) is 1.59. The summed E-state index contributed by atoms with van der Waals surface area (Å²) in [5.74, 6) is -0.422.